The van der Waals surface area contributed by atoms with Crippen LogP contribution in [0.25, 0.3) is 0 Å². The van der Waals surface area contributed by atoms with E-state index in [1.165, 1.54) is 218 Å². The van der Waals surface area contributed by atoms with Gasteiger partial charge in [0.05, 0.1) is 26.4 Å². The molecule has 0 aromatic rings. The molecule has 0 aliphatic heterocycles. The molecule has 94 heavy (non-hydrogen) atoms. The van der Waals surface area contributed by atoms with Gasteiger partial charge in [-0.15, -0.1) is 0 Å². The largest absolute Gasteiger partial charge is 0.472 e. The molecule has 0 radical (unpaired) electrons. The number of carbonyl (C=O) groups is 4. The maximum Gasteiger partial charge on any atom is 0.472 e. The molecule has 2 unspecified atom stereocenters. The van der Waals surface area contributed by atoms with E-state index in [1.54, 1.807) is 0 Å². The summed E-state index contributed by atoms with van der Waals surface area (Å²) in [4.78, 5) is 72.7. The van der Waals surface area contributed by atoms with Crippen LogP contribution in [-0.4, -0.2) is 96.7 Å². The molecule has 0 amide bonds. The lowest BCUT2D eigenvalue weighted by Crippen LogP contribution is -2.30. The third kappa shape index (κ3) is 68.6. The van der Waals surface area contributed by atoms with Crippen molar-refractivity contribution in [3.8, 4) is 0 Å². The topological polar surface area (TPSA) is 237 Å². The highest BCUT2D eigenvalue weighted by molar-refractivity contribution is 7.47. The summed E-state index contributed by atoms with van der Waals surface area (Å²) >= 11 is 0. The number of hydrogen-bond acceptors (Lipinski definition) is 15. The van der Waals surface area contributed by atoms with Gasteiger partial charge in [-0.05, 0) is 31.6 Å². The number of hydrogen-bond donors (Lipinski definition) is 3. The summed E-state index contributed by atoms with van der Waals surface area (Å²) in [7, 11) is -9.91. The molecule has 558 valence electrons. The zero-order valence-electron chi connectivity index (χ0n) is 61.1. The van der Waals surface area contributed by atoms with Crippen LogP contribution in [0.15, 0.2) is 0 Å². The Hall–Kier alpha value is -1.94. The second-order valence-corrected chi connectivity index (χ2v) is 30.4. The van der Waals surface area contributed by atoms with Crippen LogP contribution in [0.5, 0.6) is 0 Å². The zero-order valence-corrected chi connectivity index (χ0v) is 62.9. The molecule has 0 aliphatic rings. The Morgan fingerprint density at radius 2 is 0.489 bits per heavy atom. The summed E-state index contributed by atoms with van der Waals surface area (Å²) in [6, 6.07) is 0. The van der Waals surface area contributed by atoms with Gasteiger partial charge in [-0.25, -0.2) is 9.13 Å². The SMILES string of the molecule is CCCCCCCCCCCCCCCCCCCC(=O)O[C@H](COC(=O)CCCCCCCCCCCCCCCCCC)COP(=O)(O)OC[C@@H](O)COP(=O)(O)OC[C@@H](COC(=O)CCCCCCCCCCC)OC(=O)CCCCCCCCCCCC(C)C. The Kier molecular flexibility index (Phi) is 66.8. The van der Waals surface area contributed by atoms with Crippen molar-refractivity contribution in [3.63, 3.8) is 0 Å². The molecule has 5 atom stereocenters. The van der Waals surface area contributed by atoms with Crippen LogP contribution in [0.4, 0.5) is 0 Å². The molecule has 0 bridgehead atoms. The lowest BCUT2D eigenvalue weighted by Gasteiger charge is -2.21. The highest BCUT2D eigenvalue weighted by Crippen LogP contribution is 2.45. The first-order chi connectivity index (χ1) is 45.5. The number of phosphoric acid groups is 2. The molecule has 0 saturated carbocycles. The summed E-state index contributed by atoms with van der Waals surface area (Å²) in [5.74, 6) is -1.38. The Morgan fingerprint density at radius 1 is 0.287 bits per heavy atom. The smallest absolute Gasteiger partial charge is 0.462 e. The van der Waals surface area contributed by atoms with Crippen LogP contribution in [0.3, 0.4) is 0 Å². The summed E-state index contributed by atoms with van der Waals surface area (Å²) in [6.45, 7) is 7.25. The molecular weight excluding hydrogens is 1230 g/mol. The van der Waals surface area contributed by atoms with Gasteiger partial charge in [0, 0.05) is 25.7 Å². The molecule has 19 heteroatoms. The van der Waals surface area contributed by atoms with E-state index in [4.69, 9.17) is 37.0 Å². The predicted octanol–water partition coefficient (Wildman–Crippen LogP) is 22.1. The fourth-order valence-corrected chi connectivity index (χ4v) is 13.1. The summed E-state index contributed by atoms with van der Waals surface area (Å²) in [5, 5.41) is 10.6. The van der Waals surface area contributed by atoms with Crippen LogP contribution in [0.1, 0.15) is 394 Å². The molecule has 0 heterocycles. The van der Waals surface area contributed by atoms with Gasteiger partial charge in [-0.3, -0.25) is 37.3 Å². The van der Waals surface area contributed by atoms with E-state index in [-0.39, 0.29) is 25.7 Å². The second kappa shape index (κ2) is 68.2. The van der Waals surface area contributed by atoms with Gasteiger partial charge in [-0.1, -0.05) is 343 Å². The molecule has 17 nitrogen and oxygen atoms in total. The summed E-state index contributed by atoms with van der Waals surface area (Å²) in [5.41, 5.74) is 0. The molecule has 0 spiro atoms. The third-order valence-electron chi connectivity index (χ3n) is 17.5. The van der Waals surface area contributed by atoms with Crippen LogP contribution < -0.4 is 0 Å². The van der Waals surface area contributed by atoms with E-state index < -0.39 is 97.5 Å². The van der Waals surface area contributed by atoms with Crippen LogP contribution in [0.2, 0.25) is 0 Å². The normalized spacial score (nSPS) is 14.0. The molecule has 0 aromatic carbocycles. The van der Waals surface area contributed by atoms with Gasteiger partial charge in [0.25, 0.3) is 0 Å². The van der Waals surface area contributed by atoms with E-state index >= 15 is 0 Å². The fourth-order valence-electron chi connectivity index (χ4n) is 11.5. The fraction of sp³-hybridized carbons (Fsp3) is 0.947. The Bertz CT molecular complexity index is 1810. The van der Waals surface area contributed by atoms with Crippen molar-refractivity contribution in [2.75, 3.05) is 39.6 Å². The van der Waals surface area contributed by atoms with E-state index in [9.17, 15) is 43.2 Å². The number of aliphatic hydroxyl groups excluding tert-OH is 1. The summed E-state index contributed by atoms with van der Waals surface area (Å²) in [6.07, 6.45) is 56.9. The van der Waals surface area contributed by atoms with Gasteiger partial charge < -0.3 is 33.8 Å². The van der Waals surface area contributed by atoms with Crippen LogP contribution in [-0.2, 0) is 65.4 Å². The monoisotopic (exact) mass is 1380 g/mol. The van der Waals surface area contributed by atoms with Crippen molar-refractivity contribution in [2.45, 2.75) is 412 Å². The Morgan fingerprint density at radius 3 is 0.723 bits per heavy atom. The molecule has 0 fully saturated rings. The summed E-state index contributed by atoms with van der Waals surface area (Å²) < 4.78 is 68.5. The molecule has 0 saturated heterocycles. The van der Waals surface area contributed by atoms with Gasteiger partial charge in [0.15, 0.2) is 12.2 Å². The van der Waals surface area contributed by atoms with Gasteiger partial charge in [0.2, 0.25) is 0 Å². The number of rotatable bonds is 75. The minimum absolute atomic E-state index is 0.106. The maximum atomic E-state index is 13.1. The molecule has 0 aromatic heterocycles. The number of carbonyl (C=O) groups excluding carboxylic acids is 4. The maximum absolute atomic E-state index is 13.1. The van der Waals surface area contributed by atoms with Crippen molar-refractivity contribution in [2.24, 2.45) is 5.92 Å². The average molecular weight is 1380 g/mol. The Labute approximate surface area is 575 Å². The second-order valence-electron chi connectivity index (χ2n) is 27.5. The number of phosphoric ester groups is 2. The molecular formula is C75H146O17P2. The molecule has 3 N–H and O–H groups in total. The van der Waals surface area contributed by atoms with Crippen molar-refractivity contribution < 1.29 is 80.2 Å². The van der Waals surface area contributed by atoms with E-state index in [0.29, 0.717) is 25.7 Å². The number of aliphatic hydroxyl groups is 1. The lowest BCUT2D eigenvalue weighted by molar-refractivity contribution is -0.161. The lowest BCUT2D eigenvalue weighted by atomic mass is 10.0. The Balaban J connectivity index is 5.23. The number of ether oxygens (including phenoxy) is 4. The van der Waals surface area contributed by atoms with Gasteiger partial charge in [0.1, 0.15) is 19.3 Å². The first-order valence-electron chi connectivity index (χ1n) is 39.1. The van der Waals surface area contributed by atoms with E-state index in [1.807, 2.05) is 0 Å². The van der Waals surface area contributed by atoms with Gasteiger partial charge >= 0.3 is 39.5 Å². The van der Waals surface area contributed by atoms with Crippen LogP contribution >= 0.6 is 15.6 Å². The first kappa shape index (κ1) is 92.1. The minimum Gasteiger partial charge on any atom is -0.462 e. The minimum atomic E-state index is -4.96. The predicted molar refractivity (Wildman–Crippen MR) is 382 cm³/mol. The standard InChI is InChI=1S/C75H146O17P2/c1-6-9-12-15-18-21-23-25-27-29-31-33-35-40-45-50-55-60-74(79)91-71(65-86-73(78)59-54-49-44-39-34-32-30-28-26-24-22-19-16-13-10-7-2)67-90-94(83,84)88-63-69(76)62-87-93(81,82)89-66-70(64-85-72(77)58-53-48-43-37-20-17-14-11-8-3)92-75(80)61-56-51-46-41-36-38-42-47-52-57-68(4)5/h68-71,76H,6-67H2,1-5H3,(H,81,82)(H,83,84)/t69-,70+,71+/m0/s1. The van der Waals surface area contributed by atoms with Gasteiger partial charge in [-0.2, -0.15) is 0 Å². The van der Waals surface area contributed by atoms with Crippen molar-refractivity contribution in [1.82, 2.24) is 0 Å². The van der Waals surface area contributed by atoms with Crippen LogP contribution in [0, 0.1) is 5.92 Å². The highest BCUT2D eigenvalue weighted by Gasteiger charge is 2.30. The number of esters is 4. The van der Waals surface area contributed by atoms with E-state index in [2.05, 4.69) is 34.6 Å². The van der Waals surface area contributed by atoms with Crippen molar-refractivity contribution in [1.29, 1.82) is 0 Å². The highest BCUT2D eigenvalue weighted by atomic mass is 31.2. The van der Waals surface area contributed by atoms with Crippen molar-refractivity contribution >= 4 is 39.5 Å². The molecule has 0 rings (SSSR count). The average Bonchev–Trinajstić information content (AvgIpc) is 1.17. The first-order valence-corrected chi connectivity index (χ1v) is 42.1. The zero-order chi connectivity index (χ0) is 69.1. The number of unbranched alkanes of at least 4 members (excludes halogenated alkanes) is 47. The van der Waals surface area contributed by atoms with Crippen molar-refractivity contribution in [3.05, 3.63) is 0 Å². The third-order valence-corrected chi connectivity index (χ3v) is 19.4. The molecule has 0 aliphatic carbocycles. The quantitative estimate of drug-likeness (QED) is 0.0222. The van der Waals surface area contributed by atoms with E-state index in [0.717, 1.165) is 95.8 Å².